The quantitative estimate of drug-likeness (QED) is 0.00759. The van der Waals surface area contributed by atoms with Crippen LogP contribution in [-0.4, -0.2) is 98.1 Å². The molecule has 0 saturated carbocycles. The number of aliphatic hydroxyl groups is 2. The maximum absolute atomic E-state index is 13.7. The summed E-state index contributed by atoms with van der Waals surface area (Å²) in [5.41, 5.74) is -3.94. The third-order valence-corrected chi connectivity index (χ3v) is 10.9. The first kappa shape index (κ1) is 50.9. The topological polar surface area (TPSA) is 413 Å². The number of phenols is 1. The van der Waals surface area contributed by atoms with Gasteiger partial charge in [0.15, 0.2) is 17.1 Å². The minimum atomic E-state index is -4.82. The van der Waals surface area contributed by atoms with E-state index >= 15 is 0 Å². The molecule has 0 fully saturated rings. The van der Waals surface area contributed by atoms with Crippen molar-refractivity contribution in [1.29, 1.82) is 0 Å². The first-order chi connectivity index (χ1) is 33.1. The number of methoxy groups -OCH3 is 1. The molecule has 1 heterocycles. The molecule has 5 aromatic carbocycles. The summed E-state index contributed by atoms with van der Waals surface area (Å²) >= 11 is 0.625. The van der Waals surface area contributed by atoms with E-state index < -0.39 is 67.5 Å². The summed E-state index contributed by atoms with van der Waals surface area (Å²) in [4.78, 5) is 35.6. The van der Waals surface area contributed by atoms with Crippen molar-refractivity contribution in [2.45, 2.75) is 14.7 Å². The lowest BCUT2D eigenvalue weighted by Crippen LogP contribution is -2.14. The van der Waals surface area contributed by atoms with Crippen LogP contribution in [0.5, 0.6) is 23.0 Å². The van der Waals surface area contributed by atoms with E-state index in [9.17, 15) is 53.1 Å². The summed E-state index contributed by atoms with van der Waals surface area (Å²) in [6.45, 7) is -1.55. The molecule has 6 aromatic rings. The maximum Gasteiger partial charge on any atom is 0.356 e. The zero-order valence-electron chi connectivity index (χ0n) is 34.5. The van der Waals surface area contributed by atoms with Gasteiger partial charge in [-0.25, -0.2) is 20.0 Å². The van der Waals surface area contributed by atoms with Crippen LogP contribution >= 0.6 is 24.1 Å². The van der Waals surface area contributed by atoms with Gasteiger partial charge >= 0.3 is 5.97 Å². The second kappa shape index (κ2) is 23.0. The molecule has 8 N–H and O–H groups in total. The molecule has 0 saturated heterocycles. The van der Waals surface area contributed by atoms with Gasteiger partial charge in [-0.2, -0.15) is 8.42 Å². The minimum Gasteiger partial charge on any atom is -0.505 e. The average molecular weight is 1020 g/mol. The fourth-order valence-corrected chi connectivity index (χ4v) is 7.42. The summed E-state index contributed by atoms with van der Waals surface area (Å²) in [7, 11) is -3.54. The number of azo groups is 3. The van der Waals surface area contributed by atoms with Crippen LogP contribution in [0, 0.1) is 10.1 Å². The Kier molecular flexibility index (Phi) is 17.0. The lowest BCUT2D eigenvalue weighted by atomic mass is 10.1. The van der Waals surface area contributed by atoms with E-state index in [0.717, 1.165) is 28.9 Å². The van der Waals surface area contributed by atoms with Crippen LogP contribution in [0.3, 0.4) is 0 Å². The number of hydrogen-bond donors (Lipinski definition) is 8. The largest absolute Gasteiger partial charge is 0.505 e. The van der Waals surface area contributed by atoms with Crippen LogP contribution in [0.2, 0.25) is 0 Å². The number of aromatic carboxylic acids is 1. The van der Waals surface area contributed by atoms with Crippen molar-refractivity contribution in [1.82, 2.24) is 9.78 Å². The summed E-state index contributed by atoms with van der Waals surface area (Å²) in [5.74, 6) is -2.35. The second-order valence-corrected chi connectivity index (χ2v) is 15.8. The van der Waals surface area contributed by atoms with Gasteiger partial charge < -0.3 is 34.6 Å². The SMILES string of the molecule is COc1ccc(N=Nc2cc(OCCO)c(N=Nc3c(SOOO)cc4cc(-n5[nH]c(C(=O)O)c(N=Nc6ccc([N+](=O)[O-])cc6SOOO)c5=O)ccc4c3O)cc2OCCO)c(S(=O)(=O)O)c1. The number of carboxylic acids is 1. The third-order valence-electron chi connectivity index (χ3n) is 8.80. The predicted octanol–water partition coefficient (Wildman–Crippen LogP) is 7.73. The van der Waals surface area contributed by atoms with E-state index in [1.165, 1.54) is 55.6 Å². The van der Waals surface area contributed by atoms with Crippen LogP contribution in [0.4, 0.5) is 39.8 Å². The van der Waals surface area contributed by atoms with Gasteiger partial charge in [0.2, 0.25) is 0 Å². The number of benzene rings is 5. The van der Waals surface area contributed by atoms with Gasteiger partial charge in [-0.05, 0) is 47.9 Å². The Morgan fingerprint density at radius 3 is 1.97 bits per heavy atom. The molecule has 0 aliphatic carbocycles. The number of fused-ring (bicyclic) bond motifs is 1. The van der Waals surface area contributed by atoms with Gasteiger partial charge in [0.1, 0.15) is 63.8 Å². The Labute approximate surface area is 392 Å². The number of ether oxygens (including phenoxy) is 3. The summed E-state index contributed by atoms with van der Waals surface area (Å²) in [6, 6.07) is 14.5. The molecule has 0 radical (unpaired) electrons. The molecule has 0 bridgehead atoms. The van der Waals surface area contributed by atoms with Crippen molar-refractivity contribution in [3.63, 3.8) is 0 Å². The van der Waals surface area contributed by atoms with Crippen molar-refractivity contribution in [3.8, 4) is 28.7 Å². The Morgan fingerprint density at radius 1 is 0.783 bits per heavy atom. The Balaban J connectivity index is 1.41. The number of aromatic nitrogens is 2. The fourth-order valence-electron chi connectivity index (χ4n) is 5.82. The Hall–Kier alpha value is -7.47. The summed E-state index contributed by atoms with van der Waals surface area (Å²) in [5, 5.41) is 103. The van der Waals surface area contributed by atoms with Crippen LogP contribution in [0.15, 0.2) is 123 Å². The van der Waals surface area contributed by atoms with Gasteiger partial charge in [-0.3, -0.25) is 24.6 Å². The number of nitrogens with one attached hydrogen (secondary N) is 1. The third kappa shape index (κ3) is 12.2. The first-order valence-electron chi connectivity index (χ1n) is 18.6. The van der Waals surface area contributed by atoms with Crippen LogP contribution in [0.1, 0.15) is 10.5 Å². The number of H-pyrrole nitrogens is 1. The number of aromatic hydroxyl groups is 1. The minimum absolute atomic E-state index is 0.0138. The van der Waals surface area contributed by atoms with Crippen LogP contribution < -0.4 is 19.8 Å². The zero-order valence-corrected chi connectivity index (χ0v) is 36.9. The van der Waals surface area contributed by atoms with Crippen molar-refractivity contribution >= 4 is 90.8 Å². The molecular weight excluding hydrogens is 987 g/mol. The lowest BCUT2D eigenvalue weighted by Gasteiger charge is -2.13. The fraction of sp³-hybridized carbons (Fsp3) is 0.135. The lowest BCUT2D eigenvalue weighted by molar-refractivity contribution is -0.432. The second-order valence-electron chi connectivity index (χ2n) is 13.0. The molecule has 0 atom stereocenters. The highest BCUT2D eigenvalue weighted by Gasteiger charge is 2.24. The van der Waals surface area contributed by atoms with E-state index in [0.29, 0.717) is 24.1 Å². The van der Waals surface area contributed by atoms with E-state index in [1.54, 1.807) is 0 Å². The number of phenolic OH excluding ortho intramolecular Hbond substituents is 1. The molecule has 0 aliphatic heterocycles. The highest BCUT2D eigenvalue weighted by Crippen LogP contribution is 2.47. The smallest absolute Gasteiger partial charge is 0.356 e. The van der Waals surface area contributed by atoms with E-state index in [4.69, 9.17) is 24.7 Å². The number of nitrogens with zero attached hydrogens (tertiary/aromatic N) is 8. The van der Waals surface area contributed by atoms with Gasteiger partial charge in [0, 0.05) is 35.7 Å². The Morgan fingerprint density at radius 2 is 1.38 bits per heavy atom. The number of hydrogen-bond acceptors (Lipinski definition) is 26. The van der Waals surface area contributed by atoms with Crippen molar-refractivity contribution in [3.05, 3.63) is 99.0 Å². The normalized spacial score (nSPS) is 11.9. The number of non-ortho nitro benzene ring substituents is 1. The van der Waals surface area contributed by atoms with Gasteiger partial charge in [0.25, 0.3) is 21.4 Å². The molecule has 6 rings (SSSR count). The highest BCUT2D eigenvalue weighted by molar-refractivity contribution is 7.95. The molecular formula is C37H31N9O20S3. The van der Waals surface area contributed by atoms with E-state index in [1.807, 2.05) is 0 Å². The number of nitro groups is 1. The van der Waals surface area contributed by atoms with Crippen molar-refractivity contribution in [2.24, 2.45) is 30.7 Å². The van der Waals surface area contributed by atoms with Gasteiger partial charge in [-0.1, -0.05) is 10.1 Å². The van der Waals surface area contributed by atoms with E-state index in [2.05, 4.69) is 54.5 Å². The zero-order chi connectivity index (χ0) is 49.8. The van der Waals surface area contributed by atoms with Gasteiger partial charge in [0.05, 0.1) is 64.8 Å². The molecule has 0 spiro atoms. The monoisotopic (exact) mass is 1020 g/mol. The molecule has 0 aliphatic rings. The first-order valence-corrected chi connectivity index (χ1v) is 21.6. The van der Waals surface area contributed by atoms with Crippen LogP contribution in [0.25, 0.3) is 16.5 Å². The van der Waals surface area contributed by atoms with Crippen molar-refractivity contribution in [2.75, 3.05) is 33.5 Å². The number of nitro benzene ring substituents is 1. The Bertz CT molecular complexity index is 3170. The van der Waals surface area contributed by atoms with E-state index in [-0.39, 0.29) is 85.2 Å². The molecule has 362 valence electrons. The molecule has 1 aromatic heterocycles. The standard InChI is InChI=1S/C37H31N9O20S3/c1-60-21-4-7-24(31(15-21)69(57,58)59)39-40-25-16-28(62-11-9-48)26(17-27(25)61-10-8-47)41-42-32-30(68-66-64-56)13-18-12-19(2-5-22(18)35(32)49)45-36(50)33(34(44-45)37(51)52)43-38-23-6-3-20(46(53)54)14-29(23)67-65-63-55/h2-7,12-17,44,47-49,55-56H,8-11H2,1H3,(H,51,52)(H,57,58,59). The summed E-state index contributed by atoms with van der Waals surface area (Å²) in [6.07, 6.45) is 0. The molecule has 0 amide bonds. The van der Waals surface area contributed by atoms with Crippen molar-refractivity contribution < 1.29 is 86.6 Å². The molecule has 0 unspecified atom stereocenters. The predicted molar refractivity (Wildman–Crippen MR) is 234 cm³/mol. The number of carbonyl (C=O) groups is 1. The van der Waals surface area contributed by atoms with Gasteiger partial charge in [-0.15, -0.1) is 39.4 Å². The average Bonchev–Trinajstić information content (AvgIpc) is 3.67. The number of carboxylic acid groups (broad SMARTS) is 1. The highest BCUT2D eigenvalue weighted by atomic mass is 32.2. The number of rotatable bonds is 23. The number of aromatic amines is 1. The molecule has 32 heteroatoms. The summed E-state index contributed by atoms with van der Waals surface area (Å²) < 4.78 is 60.2. The molecule has 69 heavy (non-hydrogen) atoms. The number of aliphatic hydroxyl groups excluding tert-OH is 2. The maximum atomic E-state index is 13.7. The van der Waals surface area contributed by atoms with Crippen LogP contribution in [-0.2, 0) is 28.9 Å². The molecule has 29 nitrogen and oxygen atoms in total.